The second-order valence-electron chi connectivity index (χ2n) is 6.25. The molecule has 1 fully saturated rings. The molecule has 24 heavy (non-hydrogen) atoms. The molecule has 1 aromatic heterocycles. The maximum Gasteiger partial charge on any atom is 0.263 e. The minimum atomic E-state index is -0.377. The third-order valence-corrected chi connectivity index (χ3v) is 4.61. The number of pyridine rings is 1. The van der Waals surface area contributed by atoms with Crippen LogP contribution in [0.2, 0.25) is 0 Å². The Labute approximate surface area is 141 Å². The minimum absolute atomic E-state index is 0.0889. The van der Waals surface area contributed by atoms with Crippen LogP contribution in [-0.4, -0.2) is 41.1 Å². The smallest absolute Gasteiger partial charge is 0.263 e. The van der Waals surface area contributed by atoms with Crippen molar-refractivity contribution in [2.45, 2.75) is 31.5 Å². The molecule has 0 radical (unpaired) electrons. The van der Waals surface area contributed by atoms with E-state index in [0.29, 0.717) is 19.5 Å². The molecule has 0 unspecified atom stereocenters. The lowest BCUT2D eigenvalue weighted by Crippen LogP contribution is -2.47. The molecule has 1 amide bonds. The van der Waals surface area contributed by atoms with E-state index in [2.05, 4.69) is 4.98 Å². The van der Waals surface area contributed by atoms with Gasteiger partial charge in [-0.15, -0.1) is 0 Å². The summed E-state index contributed by atoms with van der Waals surface area (Å²) in [6, 6.07) is 11.6. The van der Waals surface area contributed by atoms with Crippen molar-refractivity contribution in [3.05, 3.63) is 54.4 Å². The summed E-state index contributed by atoms with van der Waals surface area (Å²) in [6.07, 6.45) is 5.55. The number of carbonyl (C=O) groups is 1. The molecule has 0 bridgehead atoms. The number of ether oxygens (including phenoxy) is 2. The van der Waals surface area contributed by atoms with Crippen LogP contribution in [0.15, 0.2) is 48.8 Å². The second-order valence-corrected chi connectivity index (χ2v) is 6.25. The van der Waals surface area contributed by atoms with E-state index in [4.69, 9.17) is 9.47 Å². The summed E-state index contributed by atoms with van der Waals surface area (Å²) in [4.78, 5) is 18.6. The Bertz CT molecular complexity index is 687. The van der Waals surface area contributed by atoms with E-state index >= 15 is 0 Å². The molecule has 0 aliphatic carbocycles. The Balaban J connectivity index is 1.31. The summed E-state index contributed by atoms with van der Waals surface area (Å²) < 4.78 is 11.7. The molecule has 3 heterocycles. The third-order valence-electron chi connectivity index (χ3n) is 4.61. The number of carbonyl (C=O) groups excluding carboxylic acids is 1. The fraction of sp³-hybridized carbons (Fsp3) is 0.368. The van der Waals surface area contributed by atoms with E-state index in [0.717, 1.165) is 29.9 Å². The molecule has 0 N–H and O–H groups in total. The Hall–Kier alpha value is -2.56. The van der Waals surface area contributed by atoms with Crippen molar-refractivity contribution in [1.82, 2.24) is 9.88 Å². The summed E-state index contributed by atoms with van der Waals surface area (Å²) in [5.74, 6) is 1.72. The second kappa shape index (κ2) is 6.51. The maximum atomic E-state index is 12.7. The SMILES string of the molecule is O=C([C@H]1Cc2ccccc2O1)N1CCC(Oc2cccnc2)CC1. The lowest BCUT2D eigenvalue weighted by molar-refractivity contribution is -0.139. The van der Waals surface area contributed by atoms with Crippen molar-refractivity contribution in [3.63, 3.8) is 0 Å². The monoisotopic (exact) mass is 324 g/mol. The van der Waals surface area contributed by atoms with E-state index in [-0.39, 0.29) is 18.1 Å². The molecule has 5 heteroatoms. The van der Waals surface area contributed by atoms with Crippen molar-refractivity contribution >= 4 is 5.91 Å². The number of hydrogen-bond donors (Lipinski definition) is 0. The van der Waals surface area contributed by atoms with Gasteiger partial charge >= 0.3 is 0 Å². The zero-order valence-corrected chi connectivity index (χ0v) is 13.4. The number of amides is 1. The predicted octanol–water partition coefficient (Wildman–Crippen LogP) is 2.46. The lowest BCUT2D eigenvalue weighted by Gasteiger charge is -2.33. The van der Waals surface area contributed by atoms with Gasteiger partial charge in [-0.05, 0) is 23.8 Å². The van der Waals surface area contributed by atoms with Crippen LogP contribution in [0, 0.1) is 0 Å². The van der Waals surface area contributed by atoms with Gasteiger partial charge in [0.1, 0.15) is 17.6 Å². The number of aromatic nitrogens is 1. The van der Waals surface area contributed by atoms with Crippen LogP contribution in [0.4, 0.5) is 0 Å². The topological polar surface area (TPSA) is 51.7 Å². The molecule has 0 saturated carbocycles. The average molecular weight is 324 g/mol. The van der Waals surface area contributed by atoms with Crippen LogP contribution < -0.4 is 9.47 Å². The molecular formula is C19H20N2O3. The molecule has 124 valence electrons. The van der Waals surface area contributed by atoms with Crippen molar-refractivity contribution in [1.29, 1.82) is 0 Å². The maximum absolute atomic E-state index is 12.7. The van der Waals surface area contributed by atoms with E-state index in [9.17, 15) is 4.79 Å². The first-order chi connectivity index (χ1) is 11.8. The van der Waals surface area contributed by atoms with Gasteiger partial charge in [0.25, 0.3) is 5.91 Å². The molecule has 0 spiro atoms. The summed E-state index contributed by atoms with van der Waals surface area (Å²) >= 11 is 0. The first-order valence-corrected chi connectivity index (χ1v) is 8.39. The highest BCUT2D eigenvalue weighted by atomic mass is 16.5. The number of piperidine rings is 1. The van der Waals surface area contributed by atoms with Crippen LogP contribution in [0.1, 0.15) is 18.4 Å². The molecule has 2 aliphatic rings. The van der Waals surface area contributed by atoms with Gasteiger partial charge in [-0.2, -0.15) is 0 Å². The minimum Gasteiger partial charge on any atom is -0.489 e. The highest BCUT2D eigenvalue weighted by Gasteiger charge is 2.34. The molecule has 4 rings (SSSR count). The first-order valence-electron chi connectivity index (χ1n) is 8.39. The number of hydrogen-bond acceptors (Lipinski definition) is 4. The Morgan fingerprint density at radius 3 is 2.75 bits per heavy atom. The Kier molecular flexibility index (Phi) is 4.07. The third kappa shape index (κ3) is 3.07. The quantitative estimate of drug-likeness (QED) is 0.870. The number of para-hydroxylation sites is 1. The average Bonchev–Trinajstić information content (AvgIpc) is 3.07. The summed E-state index contributed by atoms with van der Waals surface area (Å²) in [5.41, 5.74) is 1.12. The van der Waals surface area contributed by atoms with E-state index in [1.807, 2.05) is 41.3 Å². The normalized spacial score (nSPS) is 20.3. The van der Waals surface area contributed by atoms with Crippen LogP contribution in [-0.2, 0) is 11.2 Å². The van der Waals surface area contributed by atoms with Gasteiger partial charge in [0.2, 0.25) is 0 Å². The summed E-state index contributed by atoms with van der Waals surface area (Å²) in [7, 11) is 0. The largest absolute Gasteiger partial charge is 0.489 e. The number of benzene rings is 1. The van der Waals surface area contributed by atoms with E-state index in [1.165, 1.54) is 0 Å². The Morgan fingerprint density at radius 2 is 2.00 bits per heavy atom. The van der Waals surface area contributed by atoms with Gasteiger partial charge in [-0.25, -0.2) is 0 Å². The number of nitrogens with zero attached hydrogens (tertiary/aromatic N) is 2. The zero-order chi connectivity index (χ0) is 16.4. The van der Waals surface area contributed by atoms with Crippen LogP contribution >= 0.6 is 0 Å². The van der Waals surface area contributed by atoms with E-state index < -0.39 is 0 Å². The summed E-state index contributed by atoms with van der Waals surface area (Å²) in [6.45, 7) is 1.42. The predicted molar refractivity (Wildman–Crippen MR) is 89.0 cm³/mol. The lowest BCUT2D eigenvalue weighted by atomic mass is 10.1. The summed E-state index contributed by atoms with van der Waals surface area (Å²) in [5, 5.41) is 0. The van der Waals surface area contributed by atoms with Gasteiger partial charge < -0.3 is 14.4 Å². The first kappa shape index (κ1) is 15.0. The fourth-order valence-corrected chi connectivity index (χ4v) is 3.33. The van der Waals surface area contributed by atoms with Crippen molar-refractivity contribution < 1.29 is 14.3 Å². The molecule has 1 saturated heterocycles. The highest BCUT2D eigenvalue weighted by molar-refractivity contribution is 5.82. The van der Waals surface area contributed by atoms with Gasteiger partial charge in [0, 0.05) is 38.5 Å². The van der Waals surface area contributed by atoms with Crippen molar-refractivity contribution in [2.24, 2.45) is 0 Å². The fourth-order valence-electron chi connectivity index (χ4n) is 3.33. The van der Waals surface area contributed by atoms with Gasteiger partial charge in [0.05, 0.1) is 6.20 Å². The molecular weight excluding hydrogens is 304 g/mol. The number of rotatable bonds is 3. The van der Waals surface area contributed by atoms with Gasteiger partial charge in [-0.3, -0.25) is 9.78 Å². The van der Waals surface area contributed by atoms with Crippen LogP contribution in [0.3, 0.4) is 0 Å². The van der Waals surface area contributed by atoms with E-state index in [1.54, 1.807) is 12.4 Å². The Morgan fingerprint density at radius 1 is 1.17 bits per heavy atom. The molecule has 5 nitrogen and oxygen atoms in total. The van der Waals surface area contributed by atoms with Crippen molar-refractivity contribution in [3.8, 4) is 11.5 Å². The van der Waals surface area contributed by atoms with Crippen molar-refractivity contribution in [2.75, 3.05) is 13.1 Å². The van der Waals surface area contributed by atoms with Gasteiger partial charge in [0.15, 0.2) is 6.10 Å². The molecule has 2 aliphatic heterocycles. The van der Waals surface area contributed by atoms with Gasteiger partial charge in [-0.1, -0.05) is 18.2 Å². The zero-order valence-electron chi connectivity index (χ0n) is 13.4. The highest BCUT2D eigenvalue weighted by Crippen LogP contribution is 2.29. The molecule has 1 aromatic carbocycles. The molecule has 1 atom stereocenters. The number of fused-ring (bicyclic) bond motifs is 1. The van der Waals surface area contributed by atoms with Crippen LogP contribution in [0.25, 0.3) is 0 Å². The molecule has 2 aromatic rings. The number of likely N-dealkylation sites (tertiary alicyclic amines) is 1. The van der Waals surface area contributed by atoms with Crippen LogP contribution in [0.5, 0.6) is 11.5 Å². The standard InChI is InChI=1S/C19H20N2O3/c22-19(18-12-14-4-1-2-6-17(14)24-18)21-10-7-15(8-11-21)23-16-5-3-9-20-13-16/h1-6,9,13,15,18H,7-8,10-12H2/t18-/m1/s1.